The lowest BCUT2D eigenvalue weighted by molar-refractivity contribution is -0.141. The number of carbonyl (C=O) groups excluding carboxylic acids is 2. The molecule has 1 fully saturated rings. The van der Waals surface area contributed by atoms with Gasteiger partial charge in [-0.2, -0.15) is 0 Å². The van der Waals surface area contributed by atoms with E-state index in [1.54, 1.807) is 26.1 Å². The number of anilines is 1. The maximum atomic E-state index is 12.9. The molecule has 1 aromatic rings. The van der Waals surface area contributed by atoms with Crippen LogP contribution in [0.5, 0.6) is 5.75 Å². The van der Waals surface area contributed by atoms with Crippen molar-refractivity contribution in [2.75, 3.05) is 39.6 Å². The fourth-order valence-corrected chi connectivity index (χ4v) is 3.27. The van der Waals surface area contributed by atoms with E-state index in [1.165, 1.54) is 0 Å². The maximum absolute atomic E-state index is 12.9. The van der Waals surface area contributed by atoms with Gasteiger partial charge in [-0.3, -0.25) is 9.59 Å². The van der Waals surface area contributed by atoms with Crippen molar-refractivity contribution in [1.82, 2.24) is 9.80 Å². The zero-order valence-electron chi connectivity index (χ0n) is 15.8. The van der Waals surface area contributed by atoms with E-state index in [4.69, 9.17) is 4.74 Å². The molecule has 1 aliphatic heterocycles. The summed E-state index contributed by atoms with van der Waals surface area (Å²) in [7, 11) is 5.15. The van der Waals surface area contributed by atoms with Crippen molar-refractivity contribution in [3.05, 3.63) is 24.3 Å². The number of likely N-dealkylation sites (N-methyl/N-ethyl adjacent to an activating group) is 1. The Labute approximate surface area is 150 Å². The highest BCUT2D eigenvalue weighted by atomic mass is 16.5. The van der Waals surface area contributed by atoms with E-state index in [-0.39, 0.29) is 17.7 Å². The van der Waals surface area contributed by atoms with Crippen LogP contribution >= 0.6 is 0 Å². The average molecular weight is 347 g/mol. The number of nitrogens with zero attached hydrogens (tertiary/aromatic N) is 2. The molecule has 0 bridgehead atoms. The lowest BCUT2D eigenvalue weighted by Crippen LogP contribution is -2.59. The number of rotatable bonds is 5. The van der Waals surface area contributed by atoms with E-state index in [9.17, 15) is 9.59 Å². The molecule has 0 unspecified atom stereocenters. The first-order valence-electron chi connectivity index (χ1n) is 8.72. The Morgan fingerprint density at radius 2 is 1.88 bits per heavy atom. The number of ether oxygens (including phenoxy) is 1. The lowest BCUT2D eigenvalue weighted by atomic mass is 9.85. The molecule has 2 rings (SSSR count). The Kier molecular flexibility index (Phi) is 5.93. The monoisotopic (exact) mass is 347 g/mol. The molecule has 25 heavy (non-hydrogen) atoms. The zero-order valence-corrected chi connectivity index (χ0v) is 15.8. The van der Waals surface area contributed by atoms with Gasteiger partial charge in [-0.05, 0) is 25.0 Å². The Balaban J connectivity index is 2.22. The third-order valence-electron chi connectivity index (χ3n) is 4.69. The highest BCUT2D eigenvalue weighted by Gasteiger charge is 2.43. The Hall–Kier alpha value is -2.24. The molecule has 6 heteroatoms. The molecule has 138 valence electrons. The molecular formula is C19H29N3O3. The molecule has 0 saturated carbocycles. The summed E-state index contributed by atoms with van der Waals surface area (Å²) >= 11 is 0. The van der Waals surface area contributed by atoms with Crippen LogP contribution in [0.2, 0.25) is 0 Å². The molecule has 0 atom stereocenters. The Morgan fingerprint density at radius 3 is 2.40 bits per heavy atom. The summed E-state index contributed by atoms with van der Waals surface area (Å²) in [5.41, 5.74) is 0.141. The second-order valence-corrected chi connectivity index (χ2v) is 7.12. The minimum atomic E-state index is -0.705. The molecule has 1 aliphatic rings. The molecule has 1 aromatic carbocycles. The minimum absolute atomic E-state index is 0.0246. The predicted molar refractivity (Wildman–Crippen MR) is 98.7 cm³/mol. The number of carbonyl (C=O) groups is 2. The third kappa shape index (κ3) is 4.24. The van der Waals surface area contributed by atoms with Crippen LogP contribution in [0.4, 0.5) is 5.69 Å². The minimum Gasteiger partial charge on any atom is -0.497 e. The van der Waals surface area contributed by atoms with Crippen molar-refractivity contribution in [1.29, 1.82) is 0 Å². The molecule has 6 nitrogen and oxygen atoms in total. The average Bonchev–Trinajstić information content (AvgIpc) is 2.61. The Bertz CT molecular complexity index is 620. The van der Waals surface area contributed by atoms with E-state index < -0.39 is 5.54 Å². The number of likely N-dealkylation sites (tertiary alicyclic amines) is 1. The van der Waals surface area contributed by atoms with Gasteiger partial charge in [-0.15, -0.1) is 0 Å². The molecule has 1 saturated heterocycles. The second-order valence-electron chi connectivity index (χ2n) is 7.12. The smallest absolute Gasteiger partial charge is 0.247 e. The predicted octanol–water partition coefficient (Wildman–Crippen LogP) is 2.21. The first-order chi connectivity index (χ1) is 11.8. The van der Waals surface area contributed by atoms with Crippen LogP contribution in [-0.2, 0) is 9.59 Å². The van der Waals surface area contributed by atoms with Crippen molar-refractivity contribution in [2.45, 2.75) is 32.2 Å². The van der Waals surface area contributed by atoms with E-state index in [0.717, 1.165) is 11.4 Å². The van der Waals surface area contributed by atoms with Gasteiger partial charge in [0.25, 0.3) is 0 Å². The molecular weight excluding hydrogens is 318 g/mol. The number of methoxy groups -OCH3 is 1. The van der Waals surface area contributed by atoms with Crippen LogP contribution in [0.3, 0.4) is 0 Å². The number of benzene rings is 1. The number of hydrogen-bond donors (Lipinski definition) is 1. The summed E-state index contributed by atoms with van der Waals surface area (Å²) in [4.78, 5) is 28.6. The van der Waals surface area contributed by atoms with E-state index in [1.807, 2.05) is 43.0 Å². The van der Waals surface area contributed by atoms with Gasteiger partial charge in [0.05, 0.1) is 7.11 Å². The fourth-order valence-electron chi connectivity index (χ4n) is 3.27. The van der Waals surface area contributed by atoms with Crippen LogP contribution in [0.1, 0.15) is 26.7 Å². The van der Waals surface area contributed by atoms with Crippen molar-refractivity contribution < 1.29 is 14.3 Å². The topological polar surface area (TPSA) is 61.9 Å². The summed E-state index contributed by atoms with van der Waals surface area (Å²) in [6, 6.07) is 7.58. The molecule has 1 heterocycles. The van der Waals surface area contributed by atoms with Gasteiger partial charge >= 0.3 is 0 Å². The lowest BCUT2D eigenvalue weighted by Gasteiger charge is -2.43. The summed E-state index contributed by atoms with van der Waals surface area (Å²) in [6.07, 6.45) is 1.17. The van der Waals surface area contributed by atoms with Gasteiger partial charge in [0, 0.05) is 44.9 Å². The molecule has 0 radical (unpaired) electrons. The van der Waals surface area contributed by atoms with Crippen LogP contribution in [0, 0.1) is 5.92 Å². The summed E-state index contributed by atoms with van der Waals surface area (Å²) < 4.78 is 5.27. The van der Waals surface area contributed by atoms with Crippen LogP contribution in [0.15, 0.2) is 24.3 Å². The second kappa shape index (κ2) is 7.76. The largest absolute Gasteiger partial charge is 0.497 e. The first kappa shape index (κ1) is 19.1. The Morgan fingerprint density at radius 1 is 1.24 bits per heavy atom. The number of piperidine rings is 1. The zero-order chi connectivity index (χ0) is 18.6. The normalized spacial score (nSPS) is 16.5. The SMILES string of the molecule is COc1cccc(NC2(C(=O)N(C)C)CCN(C(=O)C(C)C)CC2)c1. The number of hydrogen-bond acceptors (Lipinski definition) is 4. The van der Waals surface area contributed by atoms with Gasteiger partial charge in [0.1, 0.15) is 11.3 Å². The van der Waals surface area contributed by atoms with Crippen molar-refractivity contribution in [3.8, 4) is 5.75 Å². The van der Waals surface area contributed by atoms with E-state index >= 15 is 0 Å². The third-order valence-corrected chi connectivity index (χ3v) is 4.69. The number of nitrogens with one attached hydrogen (secondary N) is 1. The van der Waals surface area contributed by atoms with Gasteiger partial charge in [0.2, 0.25) is 11.8 Å². The van der Waals surface area contributed by atoms with E-state index in [2.05, 4.69) is 5.32 Å². The molecule has 2 amide bonds. The summed E-state index contributed by atoms with van der Waals surface area (Å²) in [5.74, 6) is 0.896. The molecule has 0 spiro atoms. The van der Waals surface area contributed by atoms with Crippen LogP contribution in [0.25, 0.3) is 0 Å². The standard InChI is InChI=1S/C19H29N3O3/c1-14(2)17(23)22-11-9-19(10-12-22,18(24)21(3)4)20-15-7-6-8-16(13-15)25-5/h6-8,13-14,20H,9-12H2,1-5H3. The van der Waals surface area contributed by atoms with Gasteiger partial charge < -0.3 is 19.9 Å². The van der Waals surface area contributed by atoms with Crippen LogP contribution in [-0.4, -0.2) is 61.4 Å². The van der Waals surface area contributed by atoms with E-state index in [0.29, 0.717) is 25.9 Å². The van der Waals surface area contributed by atoms with Crippen molar-refractivity contribution >= 4 is 17.5 Å². The highest BCUT2D eigenvalue weighted by molar-refractivity contribution is 5.90. The molecule has 1 N–H and O–H groups in total. The summed E-state index contributed by atoms with van der Waals surface area (Å²) in [6.45, 7) is 4.97. The summed E-state index contributed by atoms with van der Waals surface area (Å²) in [5, 5.41) is 3.43. The number of amides is 2. The molecule has 0 aliphatic carbocycles. The van der Waals surface area contributed by atoms with Gasteiger partial charge in [0.15, 0.2) is 0 Å². The molecule has 0 aromatic heterocycles. The van der Waals surface area contributed by atoms with Crippen molar-refractivity contribution in [2.24, 2.45) is 5.92 Å². The highest BCUT2D eigenvalue weighted by Crippen LogP contribution is 2.30. The first-order valence-corrected chi connectivity index (χ1v) is 8.72. The quantitative estimate of drug-likeness (QED) is 0.887. The van der Waals surface area contributed by atoms with Crippen molar-refractivity contribution in [3.63, 3.8) is 0 Å². The van der Waals surface area contributed by atoms with Crippen LogP contribution < -0.4 is 10.1 Å². The maximum Gasteiger partial charge on any atom is 0.247 e. The van der Waals surface area contributed by atoms with Gasteiger partial charge in [-0.25, -0.2) is 0 Å². The van der Waals surface area contributed by atoms with Gasteiger partial charge in [-0.1, -0.05) is 19.9 Å². The fraction of sp³-hybridized carbons (Fsp3) is 0.579.